The predicted molar refractivity (Wildman–Crippen MR) is 77.3 cm³/mol. The number of thioether (sulfide) groups is 1. The summed E-state index contributed by atoms with van der Waals surface area (Å²) in [6.07, 6.45) is 3.62. The number of aliphatic hydroxyl groups is 1. The lowest BCUT2D eigenvalue weighted by atomic mass is 10.1. The monoisotopic (exact) mass is 283 g/mol. The molecule has 1 atom stereocenters. The van der Waals surface area contributed by atoms with E-state index < -0.39 is 0 Å². The minimum atomic E-state index is 0.173. The lowest BCUT2D eigenvalue weighted by molar-refractivity contribution is 0.250. The average Bonchev–Trinajstić information content (AvgIpc) is 2.45. The molecule has 0 aliphatic carbocycles. The van der Waals surface area contributed by atoms with Crippen molar-refractivity contribution in [2.75, 3.05) is 36.1 Å². The van der Waals surface area contributed by atoms with Crippen LogP contribution >= 0.6 is 11.8 Å². The number of hydrogen-bond acceptors (Lipinski definition) is 7. The molecule has 1 aliphatic rings. The maximum Gasteiger partial charge on any atom is 0.231 e. The summed E-state index contributed by atoms with van der Waals surface area (Å²) in [5.74, 6) is 1.96. The first kappa shape index (κ1) is 14.3. The number of nitrogens with two attached hydrogens (primary N) is 1. The third kappa shape index (κ3) is 4.21. The van der Waals surface area contributed by atoms with Crippen LogP contribution in [0.1, 0.15) is 26.2 Å². The highest BCUT2D eigenvalue weighted by Crippen LogP contribution is 2.21. The molecule has 106 valence electrons. The van der Waals surface area contributed by atoms with E-state index in [4.69, 9.17) is 10.8 Å². The summed E-state index contributed by atoms with van der Waals surface area (Å²) in [4.78, 5) is 15.0. The van der Waals surface area contributed by atoms with Gasteiger partial charge in [0.15, 0.2) is 5.16 Å². The molecule has 1 fully saturated rings. The van der Waals surface area contributed by atoms with Gasteiger partial charge in [0.2, 0.25) is 11.9 Å². The number of nitrogen functional groups attached to an aromatic ring is 1. The Morgan fingerprint density at radius 1 is 1.26 bits per heavy atom. The predicted octanol–water partition coefficient (Wildman–Crippen LogP) is 1.16. The zero-order chi connectivity index (χ0) is 13.7. The standard InChI is InChI=1S/C12H21N5OS/c1-9(7-18)8-19-12-15-10(13)14-11(16-12)17-5-3-2-4-6-17/h9,18H,2-8H2,1H3,(H2,13,14,15,16). The number of hydrogen-bond donors (Lipinski definition) is 2. The van der Waals surface area contributed by atoms with Crippen molar-refractivity contribution in [1.29, 1.82) is 0 Å². The SMILES string of the molecule is CC(CO)CSc1nc(N)nc(N2CCCCC2)n1. The molecule has 6 nitrogen and oxygen atoms in total. The highest BCUT2D eigenvalue weighted by Gasteiger charge is 2.16. The Labute approximate surface area is 117 Å². The minimum Gasteiger partial charge on any atom is -0.396 e. The van der Waals surface area contributed by atoms with Gasteiger partial charge in [-0.1, -0.05) is 18.7 Å². The molecule has 7 heteroatoms. The van der Waals surface area contributed by atoms with Crippen LogP contribution in [0.4, 0.5) is 11.9 Å². The Bertz CT molecular complexity index is 411. The fourth-order valence-corrected chi connectivity index (χ4v) is 2.77. The molecule has 0 aromatic carbocycles. The molecule has 0 saturated carbocycles. The largest absolute Gasteiger partial charge is 0.396 e. The topological polar surface area (TPSA) is 88.2 Å². The highest BCUT2D eigenvalue weighted by atomic mass is 32.2. The van der Waals surface area contributed by atoms with Crippen molar-refractivity contribution >= 4 is 23.7 Å². The van der Waals surface area contributed by atoms with Gasteiger partial charge in [-0.2, -0.15) is 15.0 Å². The smallest absolute Gasteiger partial charge is 0.231 e. The van der Waals surface area contributed by atoms with Crippen LogP contribution in [0.25, 0.3) is 0 Å². The Morgan fingerprint density at radius 3 is 2.68 bits per heavy atom. The Morgan fingerprint density at radius 2 is 2.00 bits per heavy atom. The zero-order valence-corrected chi connectivity index (χ0v) is 12.1. The van der Waals surface area contributed by atoms with E-state index in [-0.39, 0.29) is 18.5 Å². The molecule has 1 aromatic heterocycles. The first-order valence-electron chi connectivity index (χ1n) is 6.69. The van der Waals surface area contributed by atoms with Gasteiger partial charge < -0.3 is 15.7 Å². The van der Waals surface area contributed by atoms with Crippen LogP contribution in [0.5, 0.6) is 0 Å². The number of aliphatic hydroxyl groups excluding tert-OH is 1. The van der Waals surface area contributed by atoms with Gasteiger partial charge in [-0.05, 0) is 25.2 Å². The van der Waals surface area contributed by atoms with Crippen LogP contribution in [0.15, 0.2) is 5.16 Å². The third-order valence-electron chi connectivity index (χ3n) is 3.07. The molecule has 0 radical (unpaired) electrons. The summed E-state index contributed by atoms with van der Waals surface area (Å²) in [5, 5.41) is 9.67. The molecule has 2 rings (SSSR count). The van der Waals surface area contributed by atoms with E-state index in [0.717, 1.165) is 18.8 Å². The van der Waals surface area contributed by atoms with Crippen LogP contribution in [0, 0.1) is 5.92 Å². The second-order valence-electron chi connectivity index (χ2n) is 4.92. The van der Waals surface area contributed by atoms with Crippen molar-refractivity contribution in [3.63, 3.8) is 0 Å². The number of nitrogens with zero attached hydrogens (tertiary/aromatic N) is 4. The van der Waals surface area contributed by atoms with Gasteiger partial charge in [-0.25, -0.2) is 0 Å². The number of piperidine rings is 1. The van der Waals surface area contributed by atoms with E-state index in [2.05, 4.69) is 19.9 Å². The quantitative estimate of drug-likeness (QED) is 0.784. The van der Waals surface area contributed by atoms with Crippen LogP contribution in [-0.2, 0) is 0 Å². The molecule has 1 unspecified atom stereocenters. The van der Waals surface area contributed by atoms with Crippen LogP contribution in [0.2, 0.25) is 0 Å². The molecule has 19 heavy (non-hydrogen) atoms. The molecule has 1 aromatic rings. The van der Waals surface area contributed by atoms with E-state index in [1.807, 2.05) is 6.92 Å². The molecule has 0 amide bonds. The van der Waals surface area contributed by atoms with Crippen LogP contribution in [-0.4, -0.2) is 45.5 Å². The molecule has 1 saturated heterocycles. The maximum atomic E-state index is 9.03. The third-order valence-corrected chi connectivity index (χ3v) is 4.24. The van der Waals surface area contributed by atoms with Gasteiger partial charge in [-0.15, -0.1) is 0 Å². The molecule has 0 bridgehead atoms. The lowest BCUT2D eigenvalue weighted by Crippen LogP contribution is -2.31. The van der Waals surface area contributed by atoms with Crippen molar-refractivity contribution < 1.29 is 5.11 Å². The van der Waals surface area contributed by atoms with Crippen molar-refractivity contribution in [2.24, 2.45) is 5.92 Å². The lowest BCUT2D eigenvalue weighted by Gasteiger charge is -2.26. The number of aromatic nitrogens is 3. The van der Waals surface area contributed by atoms with E-state index in [1.165, 1.54) is 31.0 Å². The molecule has 2 heterocycles. The summed E-state index contributed by atoms with van der Waals surface area (Å²) in [6, 6.07) is 0. The maximum absolute atomic E-state index is 9.03. The van der Waals surface area contributed by atoms with E-state index in [0.29, 0.717) is 11.1 Å². The van der Waals surface area contributed by atoms with Crippen LogP contribution in [0.3, 0.4) is 0 Å². The highest BCUT2D eigenvalue weighted by molar-refractivity contribution is 7.99. The summed E-state index contributed by atoms with van der Waals surface area (Å²) in [7, 11) is 0. The van der Waals surface area contributed by atoms with Gasteiger partial charge in [-0.3, -0.25) is 0 Å². The van der Waals surface area contributed by atoms with Crippen molar-refractivity contribution in [3.05, 3.63) is 0 Å². The molecular formula is C12H21N5OS. The van der Waals surface area contributed by atoms with Gasteiger partial charge in [0.25, 0.3) is 0 Å². The molecule has 3 N–H and O–H groups in total. The van der Waals surface area contributed by atoms with E-state index >= 15 is 0 Å². The zero-order valence-electron chi connectivity index (χ0n) is 11.2. The molecule has 1 aliphatic heterocycles. The molecular weight excluding hydrogens is 262 g/mol. The van der Waals surface area contributed by atoms with Gasteiger partial charge in [0, 0.05) is 25.4 Å². The summed E-state index contributed by atoms with van der Waals surface area (Å²) in [6.45, 7) is 4.14. The first-order valence-corrected chi connectivity index (χ1v) is 7.67. The van der Waals surface area contributed by atoms with Crippen LogP contribution < -0.4 is 10.6 Å². The normalized spacial score (nSPS) is 17.5. The summed E-state index contributed by atoms with van der Waals surface area (Å²) in [5.41, 5.74) is 5.75. The Kier molecular flexibility index (Phi) is 5.21. The van der Waals surface area contributed by atoms with E-state index in [1.54, 1.807) is 0 Å². The summed E-state index contributed by atoms with van der Waals surface area (Å²) >= 11 is 1.52. The Balaban J connectivity index is 2.05. The minimum absolute atomic E-state index is 0.173. The van der Waals surface area contributed by atoms with Crippen molar-refractivity contribution in [1.82, 2.24) is 15.0 Å². The fourth-order valence-electron chi connectivity index (χ4n) is 1.93. The average molecular weight is 283 g/mol. The van der Waals surface area contributed by atoms with Gasteiger partial charge in [0.05, 0.1) is 0 Å². The number of rotatable bonds is 5. The first-order chi connectivity index (χ1) is 9.19. The second kappa shape index (κ2) is 6.91. The number of anilines is 2. The second-order valence-corrected chi connectivity index (χ2v) is 5.91. The van der Waals surface area contributed by atoms with Gasteiger partial charge in [0.1, 0.15) is 0 Å². The summed E-state index contributed by atoms with van der Waals surface area (Å²) < 4.78 is 0. The fraction of sp³-hybridized carbons (Fsp3) is 0.750. The van der Waals surface area contributed by atoms with E-state index in [9.17, 15) is 0 Å². The van der Waals surface area contributed by atoms with Crippen molar-refractivity contribution in [3.8, 4) is 0 Å². The van der Waals surface area contributed by atoms with Gasteiger partial charge >= 0.3 is 0 Å². The Hall–Kier alpha value is -1.08. The van der Waals surface area contributed by atoms with Crippen molar-refractivity contribution in [2.45, 2.75) is 31.3 Å². The molecule has 0 spiro atoms.